The number of hydrogen-bond acceptors (Lipinski definition) is 8. The highest BCUT2D eigenvalue weighted by Gasteiger charge is 2.58. The highest BCUT2D eigenvalue weighted by molar-refractivity contribution is 5.68. The quantitative estimate of drug-likeness (QED) is 0.414. The molecule has 4 heterocycles. The number of alkyl halides is 5. The van der Waals surface area contributed by atoms with Crippen LogP contribution in [0.5, 0.6) is 23.3 Å². The molecule has 1 unspecified atom stereocenters. The van der Waals surface area contributed by atoms with Crippen LogP contribution in [0.15, 0.2) is 24.5 Å². The van der Waals surface area contributed by atoms with Crippen molar-refractivity contribution >= 4 is 11.7 Å². The van der Waals surface area contributed by atoms with Gasteiger partial charge in [-0.1, -0.05) is 0 Å². The highest BCUT2D eigenvalue weighted by Crippen LogP contribution is 2.39. The molecule has 2 aromatic rings. The zero-order valence-electron chi connectivity index (χ0n) is 21.0. The lowest BCUT2D eigenvalue weighted by Crippen LogP contribution is -2.42. The van der Waals surface area contributed by atoms with Gasteiger partial charge in [-0.3, -0.25) is 4.79 Å². The molecule has 1 N–H and O–H groups in total. The smallest absolute Gasteiger partial charge is 0.456 e. The van der Waals surface area contributed by atoms with E-state index in [1.807, 2.05) is 4.90 Å². The van der Waals surface area contributed by atoms with Gasteiger partial charge in [-0.25, -0.2) is 9.97 Å². The summed E-state index contributed by atoms with van der Waals surface area (Å²) in [5.41, 5.74) is 1.05. The fourth-order valence-corrected chi connectivity index (χ4v) is 4.52. The monoisotopic (exact) mass is 561 g/mol. The minimum absolute atomic E-state index is 0.0163. The third-order valence-corrected chi connectivity index (χ3v) is 6.73. The number of anilines is 1. The first kappa shape index (κ1) is 28.4. The molecule has 2 aliphatic rings. The Morgan fingerprint density at radius 1 is 1.08 bits per heavy atom. The molecule has 0 radical (unpaired) electrons. The van der Waals surface area contributed by atoms with Crippen molar-refractivity contribution < 1.29 is 50.8 Å². The summed E-state index contributed by atoms with van der Waals surface area (Å²) in [5.74, 6) is -5.12. The summed E-state index contributed by atoms with van der Waals surface area (Å²) >= 11 is 0. The lowest BCUT2D eigenvalue weighted by Gasteiger charge is -2.34. The van der Waals surface area contributed by atoms with Gasteiger partial charge in [0.05, 0.1) is 44.8 Å². The molecule has 0 aliphatic carbocycles. The summed E-state index contributed by atoms with van der Waals surface area (Å²) in [6.45, 7) is -0.191. The topological polar surface area (TPSA) is 103 Å². The Bertz CT molecular complexity index is 1160. The van der Waals surface area contributed by atoms with Crippen LogP contribution >= 0.6 is 0 Å². The second kappa shape index (κ2) is 11.7. The number of fused-ring (bicyclic) bond motifs is 1. The molecule has 0 bridgehead atoms. The molecular weight excluding hydrogens is 533 g/mol. The molecule has 2 aliphatic heterocycles. The number of carboxylic acids is 1. The van der Waals surface area contributed by atoms with Gasteiger partial charge in [0.2, 0.25) is 11.8 Å². The van der Waals surface area contributed by atoms with Crippen LogP contribution in [0, 0.1) is 5.92 Å². The predicted octanol–water partition coefficient (Wildman–Crippen LogP) is 4.70. The standard InChI is InChI=1S/C25H28F5N3O6/c1-36-21-10-18(20(12-31-21)39-14-24(26,27)25(28,29)30)33-5-2-15(3-6-33)13-38-22-9-17-16(8-23(34)35)4-7-37-19(17)11-32-22/h9-12,15-16H,2-8,13-14H2,1H3,(H,34,35). The zero-order chi connectivity index (χ0) is 28.2. The van der Waals surface area contributed by atoms with E-state index >= 15 is 0 Å². The summed E-state index contributed by atoms with van der Waals surface area (Å²) in [6, 6.07) is 3.14. The van der Waals surface area contributed by atoms with Gasteiger partial charge in [-0.15, -0.1) is 0 Å². The van der Waals surface area contributed by atoms with Gasteiger partial charge in [-0.05, 0) is 25.2 Å². The van der Waals surface area contributed by atoms with Crippen molar-refractivity contribution in [1.82, 2.24) is 9.97 Å². The number of carbonyl (C=O) groups is 1. The van der Waals surface area contributed by atoms with Gasteiger partial charge in [-0.2, -0.15) is 22.0 Å². The number of aromatic nitrogens is 2. The number of halogens is 5. The van der Waals surface area contributed by atoms with Gasteiger partial charge in [0.25, 0.3) is 0 Å². The Morgan fingerprint density at radius 3 is 2.46 bits per heavy atom. The summed E-state index contributed by atoms with van der Waals surface area (Å²) in [5, 5.41) is 9.19. The average Bonchev–Trinajstić information content (AvgIpc) is 2.90. The highest BCUT2D eigenvalue weighted by atomic mass is 19.4. The van der Waals surface area contributed by atoms with Crippen LogP contribution in [0.4, 0.5) is 27.6 Å². The molecule has 14 heteroatoms. The third kappa shape index (κ3) is 6.90. The van der Waals surface area contributed by atoms with Gasteiger partial charge in [0.15, 0.2) is 12.4 Å². The predicted molar refractivity (Wildman–Crippen MR) is 127 cm³/mol. The maximum absolute atomic E-state index is 13.4. The fraction of sp³-hybridized carbons (Fsp3) is 0.560. The van der Waals surface area contributed by atoms with E-state index in [9.17, 15) is 31.9 Å². The molecule has 1 fully saturated rings. The van der Waals surface area contributed by atoms with E-state index in [0.29, 0.717) is 62.9 Å². The molecule has 0 spiro atoms. The van der Waals surface area contributed by atoms with Crippen LogP contribution in [0.1, 0.15) is 37.2 Å². The third-order valence-electron chi connectivity index (χ3n) is 6.73. The SMILES string of the molecule is COc1cc(N2CCC(COc3cc4c(cn3)OCCC4CC(=O)O)CC2)c(OCC(F)(F)C(F)(F)F)cn1. The summed E-state index contributed by atoms with van der Waals surface area (Å²) in [6.07, 6.45) is -1.29. The van der Waals surface area contributed by atoms with E-state index in [0.717, 1.165) is 11.8 Å². The van der Waals surface area contributed by atoms with Crippen molar-refractivity contribution in [3.05, 3.63) is 30.1 Å². The first-order valence-corrected chi connectivity index (χ1v) is 12.3. The molecule has 0 saturated carbocycles. The molecule has 0 amide bonds. The van der Waals surface area contributed by atoms with Gasteiger partial charge in [0.1, 0.15) is 5.75 Å². The normalized spacial score (nSPS) is 18.2. The first-order valence-electron chi connectivity index (χ1n) is 12.3. The van der Waals surface area contributed by atoms with Crippen LogP contribution in [0.25, 0.3) is 0 Å². The van der Waals surface area contributed by atoms with E-state index < -0.39 is 24.7 Å². The number of ether oxygens (including phenoxy) is 4. The number of pyridine rings is 2. The van der Waals surface area contributed by atoms with E-state index in [4.69, 9.17) is 18.9 Å². The second-order valence-electron chi connectivity index (χ2n) is 9.42. The van der Waals surface area contributed by atoms with Crippen LogP contribution in [-0.2, 0) is 4.79 Å². The number of nitrogens with zero attached hydrogens (tertiary/aromatic N) is 3. The van der Waals surface area contributed by atoms with Crippen LogP contribution < -0.4 is 23.8 Å². The minimum Gasteiger partial charge on any atom is -0.492 e. The summed E-state index contributed by atoms with van der Waals surface area (Å²) in [4.78, 5) is 21.2. The Hall–Kier alpha value is -3.58. The van der Waals surface area contributed by atoms with Crippen molar-refractivity contribution in [2.75, 3.05) is 44.9 Å². The van der Waals surface area contributed by atoms with Crippen molar-refractivity contribution in [1.29, 1.82) is 0 Å². The fourth-order valence-electron chi connectivity index (χ4n) is 4.52. The van der Waals surface area contributed by atoms with Crippen LogP contribution in [0.2, 0.25) is 0 Å². The van der Waals surface area contributed by atoms with Gasteiger partial charge < -0.3 is 29.0 Å². The van der Waals surface area contributed by atoms with Crippen molar-refractivity contribution in [2.45, 2.75) is 43.7 Å². The summed E-state index contributed by atoms with van der Waals surface area (Å²) < 4.78 is 86.0. The van der Waals surface area contributed by atoms with E-state index in [-0.39, 0.29) is 29.9 Å². The zero-order valence-corrected chi connectivity index (χ0v) is 21.0. The van der Waals surface area contributed by atoms with Crippen molar-refractivity contribution in [3.63, 3.8) is 0 Å². The van der Waals surface area contributed by atoms with Crippen molar-refractivity contribution in [3.8, 4) is 23.3 Å². The molecular formula is C25H28F5N3O6. The maximum atomic E-state index is 13.4. The Kier molecular flexibility index (Phi) is 8.50. The number of methoxy groups -OCH3 is 1. The molecule has 39 heavy (non-hydrogen) atoms. The van der Waals surface area contributed by atoms with E-state index in [1.165, 1.54) is 19.4 Å². The molecule has 0 aromatic carbocycles. The Labute approximate surface area is 220 Å². The second-order valence-corrected chi connectivity index (χ2v) is 9.42. The maximum Gasteiger partial charge on any atom is 0.456 e. The van der Waals surface area contributed by atoms with Gasteiger partial charge >= 0.3 is 18.1 Å². The molecule has 1 atom stereocenters. The first-order chi connectivity index (χ1) is 18.5. The molecule has 2 aromatic heterocycles. The Balaban J connectivity index is 1.36. The molecule has 4 rings (SSSR count). The number of hydrogen-bond donors (Lipinski definition) is 1. The van der Waals surface area contributed by atoms with Gasteiger partial charge in [0, 0.05) is 36.7 Å². The largest absolute Gasteiger partial charge is 0.492 e. The van der Waals surface area contributed by atoms with E-state index in [2.05, 4.69) is 9.97 Å². The average molecular weight is 562 g/mol. The van der Waals surface area contributed by atoms with Crippen LogP contribution in [0.3, 0.4) is 0 Å². The Morgan fingerprint density at radius 2 is 1.79 bits per heavy atom. The number of rotatable bonds is 10. The lowest BCUT2D eigenvalue weighted by molar-refractivity contribution is -0.289. The van der Waals surface area contributed by atoms with Crippen molar-refractivity contribution in [2.24, 2.45) is 5.92 Å². The number of aliphatic carboxylic acids is 1. The lowest BCUT2D eigenvalue weighted by atomic mass is 9.91. The van der Waals surface area contributed by atoms with Crippen LogP contribution in [-0.4, -0.2) is 73.2 Å². The number of carboxylic acid groups (broad SMARTS) is 1. The number of piperidine rings is 1. The molecule has 1 saturated heterocycles. The minimum atomic E-state index is -5.73. The molecule has 9 nitrogen and oxygen atoms in total. The van der Waals surface area contributed by atoms with E-state index in [1.54, 1.807) is 6.07 Å². The summed E-state index contributed by atoms with van der Waals surface area (Å²) in [7, 11) is 1.36. The molecule has 214 valence electrons.